The van der Waals surface area contributed by atoms with Crippen LogP contribution in [0.2, 0.25) is 0 Å². The Kier molecular flexibility index (Phi) is 5.99. The number of methoxy groups -OCH3 is 1. The van der Waals surface area contributed by atoms with E-state index in [1.165, 1.54) is 29.2 Å². The van der Waals surface area contributed by atoms with Crippen LogP contribution in [-0.2, 0) is 11.0 Å². The summed E-state index contributed by atoms with van der Waals surface area (Å²) in [6.45, 7) is 0.819. The fourth-order valence-electron chi connectivity index (χ4n) is 4.51. The zero-order valence-corrected chi connectivity index (χ0v) is 19.1. The first kappa shape index (κ1) is 23.6. The number of ether oxygens (including phenoxy) is 1. The summed E-state index contributed by atoms with van der Waals surface area (Å²) >= 11 is 0. The van der Waals surface area contributed by atoms with Gasteiger partial charge < -0.3 is 10.1 Å². The highest BCUT2D eigenvalue weighted by atomic mass is 19.4. The number of hydrogen-bond acceptors (Lipinski definition) is 4. The van der Waals surface area contributed by atoms with Gasteiger partial charge in [-0.15, -0.1) is 0 Å². The van der Waals surface area contributed by atoms with E-state index in [0.717, 1.165) is 17.7 Å². The average Bonchev–Trinajstić information content (AvgIpc) is 3.01. The number of aliphatic imine (C=N–C) groups is 1. The highest BCUT2D eigenvalue weighted by molar-refractivity contribution is 6.23. The van der Waals surface area contributed by atoms with E-state index in [-0.39, 0.29) is 5.69 Å². The maximum atomic E-state index is 13.8. The van der Waals surface area contributed by atoms with Crippen LogP contribution in [0.1, 0.15) is 22.7 Å². The number of alkyl halides is 3. The lowest BCUT2D eigenvalue weighted by atomic mass is 9.91. The Morgan fingerprint density at radius 1 is 0.972 bits per heavy atom. The van der Waals surface area contributed by atoms with Crippen molar-refractivity contribution in [2.45, 2.75) is 12.2 Å². The zero-order chi connectivity index (χ0) is 25.4. The maximum Gasteiger partial charge on any atom is 0.416 e. The van der Waals surface area contributed by atoms with E-state index in [2.05, 4.69) is 5.32 Å². The van der Waals surface area contributed by atoms with Gasteiger partial charge in [0.05, 0.1) is 31.0 Å². The van der Waals surface area contributed by atoms with Gasteiger partial charge in [-0.25, -0.2) is 4.39 Å². The molecule has 2 aliphatic rings. The summed E-state index contributed by atoms with van der Waals surface area (Å²) in [7, 11) is 1.56. The number of amides is 1. The summed E-state index contributed by atoms with van der Waals surface area (Å²) in [5, 5.41) is 3.16. The molecule has 0 fully saturated rings. The largest absolute Gasteiger partial charge is 0.497 e. The van der Waals surface area contributed by atoms with Crippen molar-refractivity contribution in [3.8, 4) is 5.75 Å². The summed E-state index contributed by atoms with van der Waals surface area (Å²) in [5.74, 6) is -0.187. The first-order valence-corrected chi connectivity index (χ1v) is 11.2. The van der Waals surface area contributed by atoms with E-state index in [1.807, 2.05) is 12.1 Å². The van der Waals surface area contributed by atoms with Gasteiger partial charge >= 0.3 is 6.18 Å². The standard InChI is InChI=1S/C27H21F4N3O2/c1-36-21-12-4-16(5-13-21)23-22-24(33-15-14-32-23)26(35)34(25(22)17-2-8-19(28)9-3-17)20-10-6-18(7-11-20)27(29,30)31/h2-13,25,33H,14-15H2,1H3. The molecule has 36 heavy (non-hydrogen) atoms. The van der Waals surface area contributed by atoms with Gasteiger partial charge in [-0.3, -0.25) is 14.7 Å². The molecule has 0 saturated heterocycles. The number of carbonyl (C=O) groups is 1. The molecule has 5 nitrogen and oxygen atoms in total. The second kappa shape index (κ2) is 9.14. The van der Waals surface area contributed by atoms with Crippen molar-refractivity contribution in [3.05, 3.63) is 107 Å². The van der Waals surface area contributed by atoms with Crippen LogP contribution in [0.25, 0.3) is 0 Å². The maximum absolute atomic E-state index is 13.8. The number of halogens is 4. The average molecular weight is 495 g/mol. The van der Waals surface area contributed by atoms with Crippen molar-refractivity contribution in [1.29, 1.82) is 0 Å². The fraction of sp³-hybridized carbons (Fsp3) is 0.185. The fourth-order valence-corrected chi connectivity index (χ4v) is 4.51. The van der Waals surface area contributed by atoms with E-state index in [0.29, 0.717) is 41.4 Å². The van der Waals surface area contributed by atoms with Gasteiger partial charge in [0.25, 0.3) is 5.91 Å². The Morgan fingerprint density at radius 2 is 1.64 bits per heavy atom. The van der Waals surface area contributed by atoms with E-state index in [1.54, 1.807) is 31.4 Å². The van der Waals surface area contributed by atoms with Crippen molar-refractivity contribution < 1.29 is 27.1 Å². The molecule has 3 aromatic carbocycles. The molecule has 1 amide bonds. The van der Waals surface area contributed by atoms with Crippen LogP contribution < -0.4 is 15.0 Å². The summed E-state index contributed by atoms with van der Waals surface area (Å²) in [5.41, 5.74) is 2.29. The number of rotatable bonds is 4. The van der Waals surface area contributed by atoms with Gasteiger partial charge in [0.15, 0.2) is 0 Å². The molecule has 3 aromatic rings. The minimum atomic E-state index is -4.50. The summed E-state index contributed by atoms with van der Waals surface area (Å²) in [6.07, 6.45) is -4.50. The van der Waals surface area contributed by atoms with Crippen LogP contribution in [-0.4, -0.2) is 31.8 Å². The van der Waals surface area contributed by atoms with E-state index < -0.39 is 29.5 Å². The van der Waals surface area contributed by atoms with E-state index >= 15 is 0 Å². The van der Waals surface area contributed by atoms with Crippen LogP contribution in [0.5, 0.6) is 5.75 Å². The second-order valence-electron chi connectivity index (χ2n) is 8.35. The molecule has 1 N–H and O–H groups in total. The summed E-state index contributed by atoms with van der Waals surface area (Å²) in [6, 6.07) is 16.6. The van der Waals surface area contributed by atoms with E-state index in [4.69, 9.17) is 9.73 Å². The van der Waals surface area contributed by atoms with Crippen molar-refractivity contribution >= 4 is 17.3 Å². The van der Waals surface area contributed by atoms with Crippen molar-refractivity contribution in [3.63, 3.8) is 0 Å². The molecular formula is C27H21F4N3O2. The molecule has 184 valence electrons. The highest BCUT2D eigenvalue weighted by Crippen LogP contribution is 2.43. The number of nitrogens with one attached hydrogen (secondary N) is 1. The van der Waals surface area contributed by atoms with Crippen molar-refractivity contribution in [2.24, 2.45) is 4.99 Å². The Hall–Kier alpha value is -4.14. The van der Waals surface area contributed by atoms with Crippen molar-refractivity contribution in [2.75, 3.05) is 25.1 Å². The Morgan fingerprint density at radius 3 is 2.25 bits per heavy atom. The lowest BCUT2D eigenvalue weighted by Crippen LogP contribution is -2.33. The first-order chi connectivity index (χ1) is 17.3. The molecule has 0 aliphatic carbocycles. The first-order valence-electron chi connectivity index (χ1n) is 11.2. The molecule has 5 rings (SSSR count). The molecule has 0 aromatic heterocycles. The lowest BCUT2D eigenvalue weighted by Gasteiger charge is -2.28. The molecule has 0 saturated carbocycles. The molecule has 2 aliphatic heterocycles. The van der Waals surface area contributed by atoms with Crippen molar-refractivity contribution in [1.82, 2.24) is 5.32 Å². The summed E-state index contributed by atoms with van der Waals surface area (Å²) < 4.78 is 58.6. The molecular weight excluding hydrogens is 474 g/mol. The molecule has 9 heteroatoms. The lowest BCUT2D eigenvalue weighted by molar-refractivity contribution is -0.137. The third-order valence-corrected chi connectivity index (χ3v) is 6.19. The Balaban J connectivity index is 1.66. The van der Waals surface area contributed by atoms with Crippen LogP contribution in [0.4, 0.5) is 23.2 Å². The monoisotopic (exact) mass is 495 g/mol. The second-order valence-corrected chi connectivity index (χ2v) is 8.35. The summed E-state index contributed by atoms with van der Waals surface area (Å²) in [4.78, 5) is 19.9. The van der Waals surface area contributed by atoms with Gasteiger partial charge in [-0.2, -0.15) is 13.2 Å². The Bertz CT molecular complexity index is 1350. The SMILES string of the molecule is COc1ccc(C2=NCCNC3=C2C(c2ccc(F)cc2)N(c2ccc(C(F)(F)F)cc2)C3=O)cc1. The number of benzene rings is 3. The third kappa shape index (κ3) is 4.21. The molecule has 0 spiro atoms. The number of anilines is 1. The highest BCUT2D eigenvalue weighted by Gasteiger charge is 2.44. The molecule has 1 atom stereocenters. The molecule has 2 heterocycles. The van der Waals surface area contributed by atoms with Crippen LogP contribution in [0.3, 0.4) is 0 Å². The van der Waals surface area contributed by atoms with Crippen LogP contribution in [0, 0.1) is 5.82 Å². The normalized spacial score (nSPS) is 17.9. The van der Waals surface area contributed by atoms with E-state index in [9.17, 15) is 22.4 Å². The smallest absolute Gasteiger partial charge is 0.416 e. The quantitative estimate of drug-likeness (QED) is 0.501. The van der Waals surface area contributed by atoms with Gasteiger partial charge in [-0.1, -0.05) is 12.1 Å². The molecule has 1 unspecified atom stereocenters. The van der Waals surface area contributed by atoms with Crippen LogP contribution in [0.15, 0.2) is 89.1 Å². The minimum Gasteiger partial charge on any atom is -0.497 e. The van der Waals surface area contributed by atoms with Gasteiger partial charge in [0.2, 0.25) is 0 Å². The number of hydrogen-bond donors (Lipinski definition) is 1. The van der Waals surface area contributed by atoms with Gasteiger partial charge in [0, 0.05) is 23.4 Å². The van der Waals surface area contributed by atoms with Gasteiger partial charge in [0.1, 0.15) is 17.3 Å². The van der Waals surface area contributed by atoms with Gasteiger partial charge in [-0.05, 0) is 66.2 Å². The van der Waals surface area contributed by atoms with Crippen LogP contribution >= 0.6 is 0 Å². The predicted octanol–water partition coefficient (Wildman–Crippen LogP) is 5.29. The predicted molar refractivity (Wildman–Crippen MR) is 127 cm³/mol. The molecule has 0 bridgehead atoms. The Labute approximate surface area is 204 Å². The third-order valence-electron chi connectivity index (χ3n) is 6.19. The zero-order valence-electron chi connectivity index (χ0n) is 19.1. The minimum absolute atomic E-state index is 0.284. The number of carbonyl (C=O) groups excluding carboxylic acids is 1. The topological polar surface area (TPSA) is 53.9 Å². The number of nitrogens with zero attached hydrogens (tertiary/aromatic N) is 2. The molecule has 0 radical (unpaired) electrons.